The number of carbonyl (C=O) groups excluding carboxylic acids is 6. The third-order valence-corrected chi connectivity index (χ3v) is 8.92. The maximum absolute atomic E-state index is 13.3. The van der Waals surface area contributed by atoms with Crippen molar-refractivity contribution in [1.29, 1.82) is 0 Å². The van der Waals surface area contributed by atoms with Gasteiger partial charge in [0, 0.05) is 76.6 Å². The molecular weight excluding hydrogens is 845 g/mol. The quantitative estimate of drug-likeness (QED) is 0.0497. The summed E-state index contributed by atoms with van der Waals surface area (Å²) in [5.41, 5.74) is 1.67. The predicted molar refractivity (Wildman–Crippen MR) is 225 cm³/mol. The summed E-state index contributed by atoms with van der Waals surface area (Å²) < 4.78 is 63.0. The smallest absolute Gasteiger partial charge is 0.243 e. The average Bonchev–Trinajstić information content (AvgIpc) is 3.23. The summed E-state index contributed by atoms with van der Waals surface area (Å²) in [5.74, 6) is -6.36. The summed E-state index contributed by atoms with van der Waals surface area (Å²) in [5, 5.41) is 15.5. The van der Waals surface area contributed by atoms with Gasteiger partial charge in [-0.25, -0.2) is 17.6 Å². The van der Waals surface area contributed by atoms with Crippen LogP contribution in [0.1, 0.15) is 36.2 Å². The minimum atomic E-state index is -0.987. The third-order valence-electron chi connectivity index (χ3n) is 8.92. The molecule has 6 N–H and O–H groups in total. The number of hydrogen-bond donors (Lipinski definition) is 6. The van der Waals surface area contributed by atoms with Crippen molar-refractivity contribution < 1.29 is 55.8 Å². The predicted octanol–water partition coefficient (Wildman–Crippen LogP) is 1.79. The van der Waals surface area contributed by atoms with Crippen LogP contribution in [-0.2, 0) is 63.9 Å². The molecule has 16 nitrogen and oxygen atoms in total. The van der Waals surface area contributed by atoms with Gasteiger partial charge in [0.1, 0.15) is 47.4 Å². The minimum absolute atomic E-state index is 0.137. The number of amides is 6. The Labute approximate surface area is 367 Å². The van der Waals surface area contributed by atoms with Crippen LogP contribution in [0.3, 0.4) is 0 Å². The van der Waals surface area contributed by atoms with Crippen molar-refractivity contribution in [2.75, 3.05) is 40.5 Å². The molecule has 2 aromatic carbocycles. The highest BCUT2D eigenvalue weighted by Gasteiger charge is 2.26. The topological polar surface area (TPSA) is 219 Å². The first kappa shape index (κ1) is 51.5. The second kappa shape index (κ2) is 27.3. The molecule has 0 fully saturated rings. The van der Waals surface area contributed by atoms with E-state index in [-0.39, 0.29) is 49.9 Å². The van der Waals surface area contributed by atoms with Crippen LogP contribution in [-0.4, -0.2) is 110 Å². The van der Waals surface area contributed by atoms with E-state index >= 15 is 0 Å². The number of nitrogens with one attached hydrogen (secondary N) is 6. The van der Waals surface area contributed by atoms with Crippen LogP contribution < -0.4 is 31.9 Å². The zero-order chi connectivity index (χ0) is 47.0. The summed E-state index contributed by atoms with van der Waals surface area (Å²) in [6.07, 6.45) is 4.50. The van der Waals surface area contributed by atoms with Gasteiger partial charge >= 0.3 is 0 Å². The number of carbonyl (C=O) groups is 6. The van der Waals surface area contributed by atoms with Crippen LogP contribution in [0.25, 0.3) is 0 Å². The summed E-state index contributed by atoms with van der Waals surface area (Å²) in [7, 11) is 3.01. The van der Waals surface area contributed by atoms with E-state index in [4.69, 9.17) is 9.47 Å². The first-order chi connectivity index (χ1) is 30.6. The number of benzene rings is 2. The largest absolute Gasteiger partial charge is 0.383 e. The van der Waals surface area contributed by atoms with Gasteiger partial charge in [0.25, 0.3) is 0 Å². The maximum atomic E-state index is 13.3. The fourth-order valence-electron chi connectivity index (χ4n) is 5.81. The van der Waals surface area contributed by atoms with Gasteiger partial charge in [-0.3, -0.25) is 38.7 Å². The average molecular weight is 897 g/mol. The van der Waals surface area contributed by atoms with Crippen molar-refractivity contribution in [3.63, 3.8) is 0 Å². The van der Waals surface area contributed by atoms with Crippen LogP contribution in [0.5, 0.6) is 0 Å². The van der Waals surface area contributed by atoms with Crippen LogP contribution in [0.4, 0.5) is 17.6 Å². The molecule has 2 heterocycles. The van der Waals surface area contributed by atoms with E-state index in [0.717, 1.165) is 29.8 Å². The standard InChI is InChI=1S/2C22H26F2N4O4/c1-14(27-20(29)12-16-9-17(23)13-18(24)10-16)21(30)28-19(22(31)26-7-8-32-2)11-15-3-5-25-6-4-15;1-14(27-20(29)11-15-9-16(23)12-17(24)10-15)21(30)28-19(22(31)26-7-8-32-2)13-18-5-3-4-6-25-18/h3-6,9-10,13-14,19H,7-8,11-12H2,1-2H3,(H,26,31)(H,27,29)(H,28,30);3-6,9-10,12,14,19H,7-8,11,13H2,1-2H3,(H,26,31)(H,27,29)(H,28,30)/t2*14-,19?/m00/s1. The van der Waals surface area contributed by atoms with Crippen molar-refractivity contribution in [1.82, 2.24) is 41.9 Å². The van der Waals surface area contributed by atoms with E-state index in [1.165, 1.54) is 28.1 Å². The number of methoxy groups -OCH3 is 2. The lowest BCUT2D eigenvalue weighted by atomic mass is 10.1. The fraction of sp³-hybridized carbons (Fsp3) is 0.364. The molecule has 0 radical (unpaired) electrons. The molecule has 4 rings (SSSR count). The molecule has 344 valence electrons. The Hall–Kier alpha value is -6.80. The summed E-state index contributed by atoms with van der Waals surface area (Å²) in [6.45, 7) is 4.05. The molecule has 20 heteroatoms. The highest BCUT2D eigenvalue weighted by molar-refractivity contribution is 5.93. The van der Waals surface area contributed by atoms with Gasteiger partial charge in [-0.2, -0.15) is 0 Å². The molecule has 0 aliphatic rings. The highest BCUT2D eigenvalue weighted by atomic mass is 19.1. The van der Waals surface area contributed by atoms with Crippen molar-refractivity contribution in [3.8, 4) is 0 Å². The number of halogens is 4. The molecule has 0 bridgehead atoms. The van der Waals surface area contributed by atoms with Gasteiger partial charge in [0.05, 0.1) is 26.1 Å². The summed E-state index contributed by atoms with van der Waals surface area (Å²) >= 11 is 0. The second-order valence-electron chi connectivity index (χ2n) is 14.3. The summed E-state index contributed by atoms with van der Waals surface area (Å²) in [6, 6.07) is 10.5. The Morgan fingerprint density at radius 1 is 0.547 bits per heavy atom. The Morgan fingerprint density at radius 2 is 0.984 bits per heavy atom. The van der Waals surface area contributed by atoms with Crippen molar-refractivity contribution in [3.05, 3.63) is 131 Å². The number of hydrogen-bond acceptors (Lipinski definition) is 10. The molecule has 4 aromatic rings. The third kappa shape index (κ3) is 19.5. The van der Waals surface area contributed by atoms with E-state index in [2.05, 4.69) is 41.9 Å². The fourth-order valence-corrected chi connectivity index (χ4v) is 5.81. The SMILES string of the molecule is COCCNC(=O)C(Cc1ccccn1)NC(=O)[C@H](C)NC(=O)Cc1cc(F)cc(F)c1.COCCNC(=O)C(Cc1ccncc1)NC(=O)[C@H](C)NC(=O)Cc1cc(F)cc(F)c1. The number of rotatable bonds is 22. The van der Waals surface area contributed by atoms with Crippen LogP contribution >= 0.6 is 0 Å². The number of aromatic nitrogens is 2. The van der Waals surface area contributed by atoms with E-state index in [0.29, 0.717) is 31.0 Å². The molecule has 0 spiro atoms. The van der Waals surface area contributed by atoms with Crippen molar-refractivity contribution in [2.45, 2.75) is 63.7 Å². The molecule has 2 unspecified atom stereocenters. The maximum Gasteiger partial charge on any atom is 0.243 e. The van der Waals surface area contributed by atoms with Gasteiger partial charge in [0.15, 0.2) is 0 Å². The number of nitrogens with zero attached hydrogens (tertiary/aromatic N) is 2. The van der Waals surface area contributed by atoms with Crippen molar-refractivity contribution in [2.24, 2.45) is 0 Å². The van der Waals surface area contributed by atoms with E-state index in [1.54, 1.807) is 48.9 Å². The number of pyridine rings is 2. The normalized spacial score (nSPS) is 12.5. The van der Waals surface area contributed by atoms with Gasteiger partial charge in [-0.15, -0.1) is 0 Å². The Morgan fingerprint density at radius 3 is 1.39 bits per heavy atom. The van der Waals surface area contributed by atoms with E-state index in [1.807, 2.05) is 0 Å². The van der Waals surface area contributed by atoms with Crippen LogP contribution in [0.15, 0.2) is 85.3 Å². The Kier molecular flexibility index (Phi) is 22.0. The zero-order valence-electron chi connectivity index (χ0n) is 35.7. The van der Waals surface area contributed by atoms with E-state index < -0.39 is 82.9 Å². The minimum Gasteiger partial charge on any atom is -0.383 e. The van der Waals surface area contributed by atoms with Crippen LogP contribution in [0.2, 0.25) is 0 Å². The molecule has 0 saturated carbocycles. The molecule has 0 aliphatic heterocycles. The highest BCUT2D eigenvalue weighted by Crippen LogP contribution is 2.11. The lowest BCUT2D eigenvalue weighted by Gasteiger charge is -2.21. The lowest BCUT2D eigenvalue weighted by Crippen LogP contribution is -2.54. The van der Waals surface area contributed by atoms with Crippen LogP contribution in [0, 0.1) is 23.3 Å². The lowest BCUT2D eigenvalue weighted by molar-refractivity contribution is -0.131. The van der Waals surface area contributed by atoms with Gasteiger partial charge in [0.2, 0.25) is 35.4 Å². The zero-order valence-corrected chi connectivity index (χ0v) is 35.7. The van der Waals surface area contributed by atoms with Gasteiger partial charge in [-0.05, 0) is 79.1 Å². The Balaban J connectivity index is 0.000000340. The molecule has 4 atom stereocenters. The Bertz CT molecular complexity index is 1970. The molecule has 6 amide bonds. The van der Waals surface area contributed by atoms with Gasteiger partial charge < -0.3 is 41.4 Å². The molecule has 0 saturated heterocycles. The number of ether oxygens (including phenoxy) is 2. The van der Waals surface area contributed by atoms with Crippen molar-refractivity contribution >= 4 is 35.4 Å². The molecule has 64 heavy (non-hydrogen) atoms. The molecule has 0 aliphatic carbocycles. The first-order valence-corrected chi connectivity index (χ1v) is 20.0. The monoisotopic (exact) mass is 896 g/mol. The first-order valence-electron chi connectivity index (χ1n) is 20.0. The second-order valence-corrected chi connectivity index (χ2v) is 14.3. The van der Waals surface area contributed by atoms with E-state index in [9.17, 15) is 46.3 Å². The molecular formula is C44H52F4N8O8. The van der Waals surface area contributed by atoms with Gasteiger partial charge in [-0.1, -0.05) is 6.07 Å². The molecule has 2 aromatic heterocycles. The summed E-state index contributed by atoms with van der Waals surface area (Å²) in [4.78, 5) is 82.8.